The number of nitriles is 1. The third-order valence-electron chi connectivity index (χ3n) is 4.03. The molecule has 2 rings (SSSR count). The van der Waals surface area contributed by atoms with Crippen molar-refractivity contribution in [1.82, 2.24) is 4.90 Å². The third kappa shape index (κ3) is 5.43. The summed E-state index contributed by atoms with van der Waals surface area (Å²) in [5.41, 5.74) is 2.87. The number of nitrogens with zero attached hydrogens (tertiary/aromatic N) is 2. The Bertz CT molecular complexity index is 824. The van der Waals surface area contributed by atoms with Crippen LogP contribution >= 0.6 is 0 Å². The maximum absolute atomic E-state index is 12.4. The van der Waals surface area contributed by atoms with Gasteiger partial charge < -0.3 is 10.6 Å². The van der Waals surface area contributed by atoms with E-state index in [0.29, 0.717) is 11.3 Å². The van der Waals surface area contributed by atoms with E-state index >= 15 is 0 Å². The van der Waals surface area contributed by atoms with Gasteiger partial charge in [0.05, 0.1) is 24.2 Å². The summed E-state index contributed by atoms with van der Waals surface area (Å²) in [4.78, 5) is 26.2. The predicted octanol–water partition coefficient (Wildman–Crippen LogP) is 2.76. The van der Waals surface area contributed by atoms with Gasteiger partial charge in [-0.15, -0.1) is 0 Å². The summed E-state index contributed by atoms with van der Waals surface area (Å²) >= 11 is 0. The van der Waals surface area contributed by atoms with Crippen LogP contribution in [-0.2, 0) is 9.59 Å². The SMILES string of the molecule is Cc1ccc(NC(=O)CN(C)C(C)C(=O)Nc2cccc(C#N)c2)cc1. The van der Waals surface area contributed by atoms with Gasteiger partial charge in [-0.1, -0.05) is 23.8 Å². The number of hydrogen-bond donors (Lipinski definition) is 2. The average Bonchev–Trinajstić information content (AvgIpc) is 2.63. The van der Waals surface area contributed by atoms with E-state index in [-0.39, 0.29) is 18.4 Å². The maximum Gasteiger partial charge on any atom is 0.241 e. The van der Waals surface area contributed by atoms with E-state index in [1.54, 1.807) is 43.1 Å². The van der Waals surface area contributed by atoms with Crippen molar-refractivity contribution in [2.75, 3.05) is 24.2 Å². The first kappa shape index (κ1) is 19.2. The summed E-state index contributed by atoms with van der Waals surface area (Å²) in [5.74, 6) is -0.437. The molecule has 2 aromatic rings. The van der Waals surface area contributed by atoms with E-state index in [1.165, 1.54) is 0 Å². The molecular weight excluding hydrogens is 328 g/mol. The van der Waals surface area contributed by atoms with Gasteiger partial charge >= 0.3 is 0 Å². The third-order valence-corrected chi connectivity index (χ3v) is 4.03. The molecule has 0 aliphatic heterocycles. The molecule has 0 fully saturated rings. The average molecular weight is 350 g/mol. The molecule has 134 valence electrons. The highest BCUT2D eigenvalue weighted by atomic mass is 16.2. The second-order valence-corrected chi connectivity index (χ2v) is 6.19. The minimum atomic E-state index is -0.510. The molecule has 26 heavy (non-hydrogen) atoms. The van der Waals surface area contributed by atoms with E-state index < -0.39 is 6.04 Å². The van der Waals surface area contributed by atoms with Crippen molar-refractivity contribution in [2.45, 2.75) is 19.9 Å². The number of aryl methyl sites for hydroxylation is 1. The molecule has 0 radical (unpaired) electrons. The molecule has 0 spiro atoms. The first-order valence-electron chi connectivity index (χ1n) is 8.27. The topological polar surface area (TPSA) is 85.2 Å². The highest BCUT2D eigenvalue weighted by Crippen LogP contribution is 2.12. The first-order chi connectivity index (χ1) is 12.4. The van der Waals surface area contributed by atoms with Crippen molar-refractivity contribution < 1.29 is 9.59 Å². The summed E-state index contributed by atoms with van der Waals surface area (Å²) in [5, 5.41) is 14.5. The van der Waals surface area contributed by atoms with E-state index in [0.717, 1.165) is 11.3 Å². The van der Waals surface area contributed by atoms with Gasteiger partial charge in [0.25, 0.3) is 0 Å². The number of carbonyl (C=O) groups is 2. The second-order valence-electron chi connectivity index (χ2n) is 6.19. The van der Waals surface area contributed by atoms with Crippen LogP contribution in [0, 0.1) is 18.3 Å². The van der Waals surface area contributed by atoms with Crippen molar-refractivity contribution in [3.8, 4) is 6.07 Å². The van der Waals surface area contributed by atoms with E-state index in [2.05, 4.69) is 10.6 Å². The first-order valence-corrected chi connectivity index (χ1v) is 8.27. The minimum Gasteiger partial charge on any atom is -0.325 e. The lowest BCUT2D eigenvalue weighted by Crippen LogP contribution is -2.43. The smallest absolute Gasteiger partial charge is 0.241 e. The van der Waals surface area contributed by atoms with Gasteiger partial charge in [-0.05, 0) is 51.2 Å². The molecule has 1 atom stereocenters. The molecule has 0 aromatic heterocycles. The molecular formula is C20H22N4O2. The largest absolute Gasteiger partial charge is 0.325 e. The van der Waals surface area contributed by atoms with Crippen molar-refractivity contribution in [3.63, 3.8) is 0 Å². The zero-order valence-electron chi connectivity index (χ0n) is 15.1. The monoisotopic (exact) mass is 350 g/mol. The summed E-state index contributed by atoms with van der Waals surface area (Å²) in [6, 6.07) is 15.7. The van der Waals surface area contributed by atoms with Gasteiger partial charge in [-0.3, -0.25) is 14.5 Å². The number of amides is 2. The zero-order valence-corrected chi connectivity index (χ0v) is 15.1. The lowest BCUT2D eigenvalue weighted by molar-refractivity contribution is -0.122. The second kappa shape index (κ2) is 8.79. The Morgan fingerprint density at radius 3 is 2.46 bits per heavy atom. The number of nitrogens with one attached hydrogen (secondary N) is 2. The van der Waals surface area contributed by atoms with E-state index in [1.807, 2.05) is 37.3 Å². The number of hydrogen-bond acceptors (Lipinski definition) is 4. The molecule has 1 unspecified atom stereocenters. The Morgan fingerprint density at radius 1 is 1.12 bits per heavy atom. The van der Waals surface area contributed by atoms with Gasteiger partial charge in [0.2, 0.25) is 11.8 Å². The normalized spacial score (nSPS) is 11.5. The van der Waals surface area contributed by atoms with Crippen LogP contribution in [0.3, 0.4) is 0 Å². The number of rotatable bonds is 6. The molecule has 0 saturated heterocycles. The van der Waals surface area contributed by atoms with E-state index in [4.69, 9.17) is 5.26 Å². The van der Waals surface area contributed by atoms with Crippen molar-refractivity contribution in [1.29, 1.82) is 5.26 Å². The highest BCUT2D eigenvalue weighted by Gasteiger charge is 2.20. The van der Waals surface area contributed by atoms with Gasteiger partial charge in [0, 0.05) is 11.4 Å². The van der Waals surface area contributed by atoms with Crippen LogP contribution < -0.4 is 10.6 Å². The van der Waals surface area contributed by atoms with Crippen molar-refractivity contribution >= 4 is 23.2 Å². The summed E-state index contributed by atoms with van der Waals surface area (Å²) in [6.07, 6.45) is 0. The predicted molar refractivity (Wildman–Crippen MR) is 102 cm³/mol. The number of anilines is 2. The summed E-state index contributed by atoms with van der Waals surface area (Å²) < 4.78 is 0. The van der Waals surface area contributed by atoms with Crippen LogP contribution in [0.5, 0.6) is 0 Å². The van der Waals surface area contributed by atoms with Crippen LogP contribution in [0.15, 0.2) is 48.5 Å². The maximum atomic E-state index is 12.4. The standard InChI is InChI=1S/C20H22N4O2/c1-14-7-9-17(10-8-14)22-19(25)13-24(3)15(2)20(26)23-18-6-4-5-16(11-18)12-21/h4-11,15H,13H2,1-3H3,(H,22,25)(H,23,26). The molecule has 0 aliphatic carbocycles. The quantitative estimate of drug-likeness (QED) is 0.839. The molecule has 6 heteroatoms. The molecule has 2 aromatic carbocycles. The minimum absolute atomic E-state index is 0.0840. The number of benzene rings is 2. The Balaban J connectivity index is 1.90. The Hall–Kier alpha value is -3.17. The molecule has 6 nitrogen and oxygen atoms in total. The van der Waals surface area contributed by atoms with E-state index in [9.17, 15) is 9.59 Å². The molecule has 0 aliphatic rings. The van der Waals surface area contributed by atoms with Gasteiger partial charge in [0.1, 0.15) is 0 Å². The number of carbonyl (C=O) groups excluding carboxylic acids is 2. The lowest BCUT2D eigenvalue weighted by Gasteiger charge is -2.23. The number of likely N-dealkylation sites (N-methyl/N-ethyl adjacent to an activating group) is 1. The van der Waals surface area contributed by atoms with Crippen molar-refractivity contribution in [3.05, 3.63) is 59.7 Å². The van der Waals surface area contributed by atoms with Crippen LogP contribution in [-0.4, -0.2) is 36.3 Å². The van der Waals surface area contributed by atoms with Crippen LogP contribution in [0.4, 0.5) is 11.4 Å². The Labute approximate surface area is 153 Å². The highest BCUT2D eigenvalue weighted by molar-refractivity contribution is 5.96. The summed E-state index contributed by atoms with van der Waals surface area (Å²) in [6.45, 7) is 3.79. The molecule has 0 heterocycles. The Kier molecular flexibility index (Phi) is 6.48. The van der Waals surface area contributed by atoms with Gasteiger partial charge in [-0.25, -0.2) is 0 Å². The lowest BCUT2D eigenvalue weighted by atomic mass is 10.2. The molecule has 2 amide bonds. The van der Waals surface area contributed by atoms with Crippen LogP contribution in [0.1, 0.15) is 18.1 Å². The zero-order chi connectivity index (χ0) is 19.1. The fourth-order valence-corrected chi connectivity index (χ4v) is 2.31. The van der Waals surface area contributed by atoms with Gasteiger partial charge in [-0.2, -0.15) is 5.26 Å². The summed E-state index contributed by atoms with van der Waals surface area (Å²) in [7, 11) is 1.71. The van der Waals surface area contributed by atoms with Crippen LogP contribution in [0.25, 0.3) is 0 Å². The molecule has 0 bridgehead atoms. The molecule has 0 saturated carbocycles. The van der Waals surface area contributed by atoms with Gasteiger partial charge in [0.15, 0.2) is 0 Å². The Morgan fingerprint density at radius 2 is 1.81 bits per heavy atom. The van der Waals surface area contributed by atoms with Crippen LogP contribution in [0.2, 0.25) is 0 Å². The fraction of sp³-hybridized carbons (Fsp3) is 0.250. The molecule has 2 N–H and O–H groups in total. The van der Waals surface area contributed by atoms with Crippen molar-refractivity contribution in [2.24, 2.45) is 0 Å². The fourth-order valence-electron chi connectivity index (χ4n) is 2.31.